The van der Waals surface area contributed by atoms with E-state index in [1.54, 1.807) is 11.9 Å². The van der Waals surface area contributed by atoms with E-state index in [4.69, 9.17) is 0 Å². The molecule has 0 aromatic rings. The van der Waals surface area contributed by atoms with Gasteiger partial charge in [0.15, 0.2) is 0 Å². The van der Waals surface area contributed by atoms with Crippen LogP contribution in [0.2, 0.25) is 0 Å². The van der Waals surface area contributed by atoms with Crippen molar-refractivity contribution in [3.05, 3.63) is 0 Å². The quantitative estimate of drug-likeness (QED) is 0.794. The highest BCUT2D eigenvalue weighted by atomic mass is 35.5. The largest absolute Gasteiger partial charge is 0.352 e. The summed E-state index contributed by atoms with van der Waals surface area (Å²) < 4.78 is 0. The molecule has 5 nitrogen and oxygen atoms in total. The van der Waals surface area contributed by atoms with E-state index < -0.39 is 0 Å². The van der Waals surface area contributed by atoms with Crippen molar-refractivity contribution in [3.8, 4) is 0 Å². The molecule has 0 spiro atoms. The van der Waals surface area contributed by atoms with E-state index in [0.717, 1.165) is 32.2 Å². The van der Waals surface area contributed by atoms with Crippen LogP contribution in [0.15, 0.2) is 0 Å². The van der Waals surface area contributed by atoms with Gasteiger partial charge < -0.3 is 15.5 Å². The van der Waals surface area contributed by atoms with Gasteiger partial charge in [-0.25, -0.2) is 0 Å². The average Bonchev–Trinajstić information content (AvgIpc) is 3.11. The monoisotopic (exact) mass is 289 g/mol. The van der Waals surface area contributed by atoms with Gasteiger partial charge in [-0.05, 0) is 39.2 Å². The molecule has 19 heavy (non-hydrogen) atoms. The highest BCUT2D eigenvalue weighted by molar-refractivity contribution is 5.86. The second-order valence-corrected chi connectivity index (χ2v) is 5.61. The van der Waals surface area contributed by atoms with Gasteiger partial charge in [0.25, 0.3) is 0 Å². The molecular weight excluding hydrogens is 266 g/mol. The topological polar surface area (TPSA) is 61.4 Å². The Balaban J connectivity index is 0.00000180. The van der Waals surface area contributed by atoms with Crippen LogP contribution < -0.4 is 10.6 Å². The number of hydrogen-bond acceptors (Lipinski definition) is 3. The summed E-state index contributed by atoms with van der Waals surface area (Å²) >= 11 is 0. The van der Waals surface area contributed by atoms with Crippen LogP contribution in [0, 0.1) is 5.92 Å². The average molecular weight is 290 g/mol. The Bertz CT molecular complexity index is 334. The number of halogens is 1. The predicted octanol–water partition coefficient (Wildman–Crippen LogP) is 0.533. The Morgan fingerprint density at radius 3 is 2.58 bits per heavy atom. The van der Waals surface area contributed by atoms with Crippen molar-refractivity contribution in [1.29, 1.82) is 0 Å². The summed E-state index contributed by atoms with van der Waals surface area (Å²) in [4.78, 5) is 25.4. The maximum absolute atomic E-state index is 12.2. The van der Waals surface area contributed by atoms with Gasteiger partial charge in [-0.15, -0.1) is 12.4 Å². The van der Waals surface area contributed by atoms with Crippen LogP contribution in [-0.2, 0) is 9.59 Å². The fourth-order valence-corrected chi connectivity index (χ4v) is 2.46. The van der Waals surface area contributed by atoms with Gasteiger partial charge >= 0.3 is 0 Å². The summed E-state index contributed by atoms with van der Waals surface area (Å²) in [7, 11) is 1.72. The number of likely N-dealkylation sites (N-methyl/N-ethyl adjacent to an activating group) is 1. The van der Waals surface area contributed by atoms with Crippen LogP contribution in [0.1, 0.15) is 32.6 Å². The van der Waals surface area contributed by atoms with Crippen molar-refractivity contribution in [2.75, 3.05) is 20.1 Å². The first-order chi connectivity index (χ1) is 8.56. The molecule has 2 aliphatic rings. The lowest BCUT2D eigenvalue weighted by Crippen LogP contribution is -2.45. The molecular formula is C13H24ClN3O2. The molecule has 2 fully saturated rings. The fourth-order valence-electron chi connectivity index (χ4n) is 2.46. The van der Waals surface area contributed by atoms with Crippen molar-refractivity contribution >= 4 is 24.2 Å². The van der Waals surface area contributed by atoms with Gasteiger partial charge in [-0.1, -0.05) is 0 Å². The molecule has 1 saturated carbocycles. The normalized spacial score (nSPS) is 26.2. The van der Waals surface area contributed by atoms with Gasteiger partial charge in [0.05, 0.1) is 6.54 Å². The minimum atomic E-state index is -0.0321. The smallest absolute Gasteiger partial charge is 0.239 e. The molecule has 0 unspecified atom stereocenters. The van der Waals surface area contributed by atoms with Crippen molar-refractivity contribution < 1.29 is 9.59 Å². The summed E-state index contributed by atoms with van der Waals surface area (Å²) in [6.45, 7) is 3.17. The van der Waals surface area contributed by atoms with Gasteiger partial charge in [0.2, 0.25) is 11.8 Å². The molecule has 2 N–H and O–H groups in total. The number of piperidine rings is 1. The molecule has 0 bridgehead atoms. The third kappa shape index (κ3) is 4.99. The molecule has 0 radical (unpaired) electrons. The zero-order valence-corrected chi connectivity index (χ0v) is 12.5. The number of rotatable bonds is 4. The molecule has 1 saturated heterocycles. The molecule has 110 valence electrons. The third-order valence-electron chi connectivity index (χ3n) is 3.67. The number of amides is 2. The van der Waals surface area contributed by atoms with E-state index in [1.165, 1.54) is 0 Å². The van der Waals surface area contributed by atoms with Gasteiger partial charge in [-0.3, -0.25) is 9.59 Å². The number of nitrogens with zero attached hydrogens (tertiary/aromatic N) is 1. The highest BCUT2D eigenvalue weighted by Gasteiger charge is 2.29. The molecule has 6 heteroatoms. The van der Waals surface area contributed by atoms with Crippen molar-refractivity contribution in [1.82, 2.24) is 15.5 Å². The number of carbonyl (C=O) groups is 2. The van der Waals surface area contributed by atoms with E-state index in [0.29, 0.717) is 12.1 Å². The Hall–Kier alpha value is -0.810. The van der Waals surface area contributed by atoms with Gasteiger partial charge in [-0.2, -0.15) is 0 Å². The minimum Gasteiger partial charge on any atom is -0.352 e. The minimum absolute atomic E-state index is 0. The zero-order chi connectivity index (χ0) is 13.1. The van der Waals surface area contributed by atoms with Crippen LogP contribution in [0.3, 0.4) is 0 Å². The summed E-state index contributed by atoms with van der Waals surface area (Å²) in [5.41, 5.74) is 0. The second kappa shape index (κ2) is 7.10. The van der Waals surface area contributed by atoms with Crippen molar-refractivity contribution in [2.45, 2.75) is 44.7 Å². The van der Waals surface area contributed by atoms with E-state index in [9.17, 15) is 9.59 Å². The summed E-state index contributed by atoms with van der Waals surface area (Å²) in [5, 5.41) is 6.24. The molecule has 2 atom stereocenters. The lowest BCUT2D eigenvalue weighted by atomic mass is 9.92. The Morgan fingerprint density at radius 1 is 1.32 bits per heavy atom. The maximum atomic E-state index is 12.2. The van der Waals surface area contributed by atoms with Crippen LogP contribution in [0.25, 0.3) is 0 Å². The molecule has 1 aliphatic carbocycles. The molecule has 2 rings (SSSR count). The predicted molar refractivity (Wildman–Crippen MR) is 76.2 cm³/mol. The SMILES string of the molecule is C[C@H]1C[C@@H](C(=O)N(C)CC(=O)NC2CC2)CCN1.Cl. The number of carbonyl (C=O) groups excluding carboxylic acids is 2. The summed E-state index contributed by atoms with van der Waals surface area (Å²) in [6, 6.07) is 0.751. The Labute approximate surface area is 120 Å². The molecule has 2 amide bonds. The van der Waals surface area contributed by atoms with E-state index >= 15 is 0 Å². The van der Waals surface area contributed by atoms with Crippen LogP contribution >= 0.6 is 12.4 Å². The number of nitrogens with one attached hydrogen (secondary N) is 2. The van der Waals surface area contributed by atoms with Crippen LogP contribution in [0.4, 0.5) is 0 Å². The van der Waals surface area contributed by atoms with E-state index in [2.05, 4.69) is 17.6 Å². The first-order valence-electron chi connectivity index (χ1n) is 6.84. The summed E-state index contributed by atoms with van der Waals surface area (Å²) in [6.07, 6.45) is 3.90. The second-order valence-electron chi connectivity index (χ2n) is 5.61. The van der Waals surface area contributed by atoms with Gasteiger partial charge in [0, 0.05) is 25.0 Å². The van der Waals surface area contributed by atoms with Crippen molar-refractivity contribution in [3.63, 3.8) is 0 Å². The van der Waals surface area contributed by atoms with Crippen LogP contribution in [0.5, 0.6) is 0 Å². The third-order valence-corrected chi connectivity index (χ3v) is 3.67. The number of hydrogen-bond donors (Lipinski definition) is 2. The standard InChI is InChI=1S/C13H23N3O2.ClH/c1-9-7-10(5-6-14-9)13(18)16(2)8-12(17)15-11-3-4-11;/h9-11,14H,3-8H2,1-2H3,(H,15,17);1H/t9-,10-;/m0./s1. The lowest BCUT2D eigenvalue weighted by molar-refractivity contribution is -0.139. The first-order valence-corrected chi connectivity index (χ1v) is 6.84. The maximum Gasteiger partial charge on any atom is 0.239 e. The van der Waals surface area contributed by atoms with E-state index in [-0.39, 0.29) is 36.7 Å². The lowest BCUT2D eigenvalue weighted by Gasteiger charge is -2.30. The molecule has 0 aromatic carbocycles. The fraction of sp³-hybridized carbons (Fsp3) is 0.846. The zero-order valence-electron chi connectivity index (χ0n) is 11.6. The Kier molecular flexibility index (Phi) is 6.07. The van der Waals surface area contributed by atoms with Gasteiger partial charge in [0.1, 0.15) is 0 Å². The summed E-state index contributed by atoms with van der Waals surface area (Å²) in [5.74, 6) is 0.143. The van der Waals surface area contributed by atoms with Crippen LogP contribution in [-0.4, -0.2) is 48.9 Å². The first kappa shape index (κ1) is 16.2. The van der Waals surface area contributed by atoms with E-state index in [1.807, 2.05) is 0 Å². The molecule has 0 aromatic heterocycles. The van der Waals surface area contributed by atoms with Crippen molar-refractivity contribution in [2.24, 2.45) is 5.92 Å². The Morgan fingerprint density at radius 2 is 2.00 bits per heavy atom. The highest BCUT2D eigenvalue weighted by Crippen LogP contribution is 2.19. The molecule has 1 aliphatic heterocycles. The molecule has 1 heterocycles.